The summed E-state index contributed by atoms with van der Waals surface area (Å²) in [5.41, 5.74) is 1.22. The molecule has 0 spiro atoms. The number of aryl methyl sites for hydroxylation is 1. The minimum atomic E-state index is -0.611. The highest BCUT2D eigenvalue weighted by Gasteiger charge is 2.14. The fraction of sp³-hybridized carbons (Fsp3) is 0.483. The Labute approximate surface area is 193 Å². The maximum absolute atomic E-state index is 12.5. The molecule has 3 rings (SSSR count). The first-order valence-electron chi connectivity index (χ1n) is 12.5. The van der Waals surface area contributed by atoms with E-state index in [2.05, 4.69) is 38.1 Å². The standard InChI is InChI=1S/C29H38O3/c1-3-5-6-7-8-9-10-11-12-15-20-31-29(30)32-28-26-17-14-13-16-24(26)22-25-19-18-23(4-2)21-27(25)28/h13-14,16-19,21-22H,3-12,15,20H2,1-2H3. The van der Waals surface area contributed by atoms with Crippen molar-refractivity contribution in [1.82, 2.24) is 0 Å². The highest BCUT2D eigenvalue weighted by molar-refractivity contribution is 6.06. The third-order valence-corrected chi connectivity index (χ3v) is 6.19. The summed E-state index contributed by atoms with van der Waals surface area (Å²) >= 11 is 0. The van der Waals surface area contributed by atoms with Crippen LogP contribution in [0, 0.1) is 0 Å². The van der Waals surface area contributed by atoms with Crippen molar-refractivity contribution in [2.75, 3.05) is 6.61 Å². The van der Waals surface area contributed by atoms with Gasteiger partial charge in [0.1, 0.15) is 5.75 Å². The van der Waals surface area contributed by atoms with Crippen molar-refractivity contribution in [3.8, 4) is 5.75 Å². The van der Waals surface area contributed by atoms with Gasteiger partial charge in [0.2, 0.25) is 0 Å². The lowest BCUT2D eigenvalue weighted by Gasteiger charge is -2.13. The van der Waals surface area contributed by atoms with Crippen LogP contribution < -0.4 is 4.74 Å². The van der Waals surface area contributed by atoms with Crippen LogP contribution in [0.15, 0.2) is 48.5 Å². The number of unbranched alkanes of at least 4 members (excludes halogenated alkanes) is 9. The Morgan fingerprint density at radius 1 is 0.719 bits per heavy atom. The van der Waals surface area contributed by atoms with E-state index in [1.165, 1.54) is 56.9 Å². The molecule has 0 N–H and O–H groups in total. The molecule has 0 heterocycles. The second-order valence-corrected chi connectivity index (χ2v) is 8.72. The Hall–Kier alpha value is -2.55. The highest BCUT2D eigenvalue weighted by atomic mass is 16.7. The second kappa shape index (κ2) is 13.1. The van der Waals surface area contributed by atoms with Crippen molar-refractivity contribution in [2.24, 2.45) is 0 Å². The molecule has 3 nitrogen and oxygen atoms in total. The second-order valence-electron chi connectivity index (χ2n) is 8.72. The molecule has 172 valence electrons. The third kappa shape index (κ3) is 6.98. The number of hydrogen-bond acceptors (Lipinski definition) is 3. The molecule has 0 amide bonds. The molecule has 0 aliphatic rings. The van der Waals surface area contributed by atoms with E-state index in [9.17, 15) is 4.79 Å². The lowest BCUT2D eigenvalue weighted by molar-refractivity contribution is 0.0982. The van der Waals surface area contributed by atoms with Crippen LogP contribution in [0.4, 0.5) is 4.79 Å². The van der Waals surface area contributed by atoms with Gasteiger partial charge in [-0.05, 0) is 41.3 Å². The number of ether oxygens (including phenoxy) is 2. The van der Waals surface area contributed by atoms with Gasteiger partial charge in [-0.3, -0.25) is 0 Å². The van der Waals surface area contributed by atoms with Gasteiger partial charge in [-0.2, -0.15) is 0 Å². The Bertz CT molecular complexity index is 992. The lowest BCUT2D eigenvalue weighted by Crippen LogP contribution is -2.12. The van der Waals surface area contributed by atoms with E-state index in [0.717, 1.165) is 40.8 Å². The van der Waals surface area contributed by atoms with E-state index in [0.29, 0.717) is 12.4 Å². The number of hydrogen-bond donors (Lipinski definition) is 0. The van der Waals surface area contributed by atoms with Crippen molar-refractivity contribution in [3.63, 3.8) is 0 Å². The summed E-state index contributed by atoms with van der Waals surface area (Å²) in [4.78, 5) is 12.5. The highest BCUT2D eigenvalue weighted by Crippen LogP contribution is 2.35. The number of benzene rings is 3. The van der Waals surface area contributed by atoms with Gasteiger partial charge < -0.3 is 9.47 Å². The zero-order valence-electron chi connectivity index (χ0n) is 19.8. The van der Waals surface area contributed by atoms with Crippen LogP contribution in [-0.4, -0.2) is 12.8 Å². The molecular formula is C29H38O3. The average Bonchev–Trinajstić information content (AvgIpc) is 2.82. The maximum atomic E-state index is 12.5. The first kappa shape index (κ1) is 24.1. The molecule has 0 bridgehead atoms. The summed E-state index contributed by atoms with van der Waals surface area (Å²) in [6, 6.07) is 16.5. The smallest absolute Gasteiger partial charge is 0.434 e. The van der Waals surface area contributed by atoms with Crippen molar-refractivity contribution in [3.05, 3.63) is 54.1 Å². The van der Waals surface area contributed by atoms with Crippen molar-refractivity contribution >= 4 is 27.7 Å². The third-order valence-electron chi connectivity index (χ3n) is 6.19. The molecule has 3 aromatic rings. The van der Waals surface area contributed by atoms with E-state index in [1.54, 1.807) is 0 Å². The summed E-state index contributed by atoms with van der Waals surface area (Å²) in [5.74, 6) is 0.599. The maximum Gasteiger partial charge on any atom is 0.513 e. The van der Waals surface area contributed by atoms with E-state index in [4.69, 9.17) is 9.47 Å². The van der Waals surface area contributed by atoms with Crippen LogP contribution in [0.3, 0.4) is 0 Å². The van der Waals surface area contributed by atoms with Gasteiger partial charge in [-0.25, -0.2) is 4.79 Å². The molecule has 0 aliphatic carbocycles. The van der Waals surface area contributed by atoms with Crippen LogP contribution in [0.25, 0.3) is 21.5 Å². The van der Waals surface area contributed by atoms with Gasteiger partial charge in [0, 0.05) is 10.8 Å². The molecule has 0 unspecified atom stereocenters. The number of fused-ring (bicyclic) bond motifs is 2. The lowest BCUT2D eigenvalue weighted by atomic mass is 9.99. The van der Waals surface area contributed by atoms with Crippen LogP contribution in [-0.2, 0) is 11.2 Å². The summed E-state index contributed by atoms with van der Waals surface area (Å²) in [5, 5.41) is 4.02. The van der Waals surface area contributed by atoms with Crippen molar-refractivity contribution in [2.45, 2.75) is 84.5 Å². The molecule has 0 aromatic heterocycles. The van der Waals surface area contributed by atoms with Gasteiger partial charge in [0.25, 0.3) is 0 Å². The minimum absolute atomic E-state index is 0.415. The first-order chi connectivity index (χ1) is 15.7. The summed E-state index contributed by atoms with van der Waals surface area (Å²) < 4.78 is 11.2. The molecule has 0 aliphatic heterocycles. The predicted molar refractivity (Wildman–Crippen MR) is 135 cm³/mol. The fourth-order valence-electron chi connectivity index (χ4n) is 4.26. The van der Waals surface area contributed by atoms with Crippen LogP contribution >= 0.6 is 0 Å². The molecule has 0 radical (unpaired) electrons. The summed E-state index contributed by atoms with van der Waals surface area (Å²) in [6.45, 7) is 4.80. The SMILES string of the molecule is CCCCCCCCCCCCOC(=O)Oc1c2ccccc2cc2ccc(CC)cc12. The quantitative estimate of drug-likeness (QED) is 0.116. The summed E-state index contributed by atoms with van der Waals surface area (Å²) in [6.07, 6.45) is 12.9. The number of carbonyl (C=O) groups is 1. The van der Waals surface area contributed by atoms with E-state index < -0.39 is 6.16 Å². The molecule has 0 saturated carbocycles. The average molecular weight is 435 g/mol. The molecule has 0 saturated heterocycles. The Balaban J connectivity index is 1.50. The Kier molecular flexibility index (Phi) is 9.87. The topological polar surface area (TPSA) is 35.5 Å². The van der Waals surface area contributed by atoms with Gasteiger partial charge >= 0.3 is 6.16 Å². The minimum Gasteiger partial charge on any atom is -0.434 e. The normalized spacial score (nSPS) is 11.2. The molecular weight excluding hydrogens is 396 g/mol. The molecule has 3 aromatic carbocycles. The van der Waals surface area contributed by atoms with Gasteiger partial charge in [-0.15, -0.1) is 0 Å². The monoisotopic (exact) mass is 434 g/mol. The largest absolute Gasteiger partial charge is 0.513 e. The fourth-order valence-corrected chi connectivity index (χ4v) is 4.26. The molecule has 0 atom stereocenters. The Morgan fingerprint density at radius 3 is 2.09 bits per heavy atom. The molecule has 32 heavy (non-hydrogen) atoms. The van der Waals surface area contributed by atoms with Gasteiger partial charge in [0.15, 0.2) is 0 Å². The number of rotatable bonds is 13. The van der Waals surface area contributed by atoms with Gasteiger partial charge in [-0.1, -0.05) is 108 Å². The number of carbonyl (C=O) groups excluding carboxylic acids is 1. The van der Waals surface area contributed by atoms with E-state index >= 15 is 0 Å². The zero-order chi connectivity index (χ0) is 22.6. The first-order valence-corrected chi connectivity index (χ1v) is 12.5. The van der Waals surface area contributed by atoms with Crippen molar-refractivity contribution < 1.29 is 14.3 Å². The zero-order valence-corrected chi connectivity index (χ0v) is 19.8. The van der Waals surface area contributed by atoms with Crippen molar-refractivity contribution in [1.29, 1.82) is 0 Å². The molecule has 0 fully saturated rings. The van der Waals surface area contributed by atoms with E-state index in [-0.39, 0.29) is 0 Å². The van der Waals surface area contributed by atoms with Gasteiger partial charge in [0.05, 0.1) is 6.61 Å². The molecule has 3 heteroatoms. The van der Waals surface area contributed by atoms with Crippen LogP contribution in [0.1, 0.15) is 83.6 Å². The Morgan fingerprint density at radius 2 is 1.38 bits per heavy atom. The van der Waals surface area contributed by atoms with E-state index in [1.807, 2.05) is 24.3 Å². The summed E-state index contributed by atoms with van der Waals surface area (Å²) in [7, 11) is 0. The van der Waals surface area contributed by atoms with Crippen LogP contribution in [0.2, 0.25) is 0 Å². The van der Waals surface area contributed by atoms with Crippen LogP contribution in [0.5, 0.6) is 5.75 Å². The predicted octanol–water partition coefficient (Wildman–Crippen LogP) is 8.99.